The van der Waals surface area contributed by atoms with E-state index in [1.165, 1.54) is 0 Å². The predicted octanol–water partition coefficient (Wildman–Crippen LogP) is 1.84. The molecule has 1 heterocycles. The first kappa shape index (κ1) is 16.8. The minimum absolute atomic E-state index is 0. The molecule has 0 aliphatic rings. The van der Waals surface area contributed by atoms with Crippen LogP contribution in [0.15, 0.2) is 12.4 Å². The summed E-state index contributed by atoms with van der Waals surface area (Å²) in [7, 11) is 0. The lowest BCUT2D eigenvalue weighted by Crippen LogP contribution is -2.11. The Morgan fingerprint density at radius 1 is 1.13 bits per heavy atom. The molecule has 1 rings (SSSR count). The van der Waals surface area contributed by atoms with E-state index in [1.807, 2.05) is 0 Å². The SMILES string of the molecule is Cl.Cl.NCCc1cnc(C(F)(F)F)nc1. The molecule has 0 unspecified atom stereocenters. The van der Waals surface area contributed by atoms with Crippen LogP contribution in [0.2, 0.25) is 0 Å². The van der Waals surface area contributed by atoms with Crippen LogP contribution in [0.4, 0.5) is 13.2 Å². The first-order valence-corrected chi connectivity index (χ1v) is 3.62. The molecule has 0 fully saturated rings. The van der Waals surface area contributed by atoms with Crippen LogP contribution in [-0.4, -0.2) is 16.5 Å². The molecule has 0 bridgehead atoms. The molecule has 0 spiro atoms. The van der Waals surface area contributed by atoms with Crippen molar-refractivity contribution < 1.29 is 13.2 Å². The van der Waals surface area contributed by atoms with E-state index in [-0.39, 0.29) is 24.8 Å². The van der Waals surface area contributed by atoms with Gasteiger partial charge in [-0.1, -0.05) is 0 Å². The third-order valence-corrected chi connectivity index (χ3v) is 1.39. The van der Waals surface area contributed by atoms with Gasteiger partial charge in [0.1, 0.15) is 0 Å². The number of halogens is 5. The van der Waals surface area contributed by atoms with Crippen molar-refractivity contribution in [1.29, 1.82) is 0 Å². The maximum Gasteiger partial charge on any atom is 0.451 e. The highest BCUT2D eigenvalue weighted by molar-refractivity contribution is 5.85. The molecule has 8 heteroatoms. The zero-order chi connectivity index (χ0) is 9.90. The highest BCUT2D eigenvalue weighted by atomic mass is 35.5. The molecule has 0 radical (unpaired) electrons. The molecule has 0 amide bonds. The molecule has 88 valence electrons. The summed E-state index contributed by atoms with van der Waals surface area (Å²) in [6, 6.07) is 0. The Morgan fingerprint density at radius 3 is 1.93 bits per heavy atom. The number of alkyl halides is 3. The number of hydrogen-bond donors (Lipinski definition) is 1. The van der Waals surface area contributed by atoms with Gasteiger partial charge < -0.3 is 5.73 Å². The first-order valence-electron chi connectivity index (χ1n) is 3.62. The molecule has 2 N–H and O–H groups in total. The van der Waals surface area contributed by atoms with E-state index < -0.39 is 12.0 Å². The van der Waals surface area contributed by atoms with Crippen LogP contribution < -0.4 is 5.73 Å². The fraction of sp³-hybridized carbons (Fsp3) is 0.429. The lowest BCUT2D eigenvalue weighted by molar-refractivity contribution is -0.145. The van der Waals surface area contributed by atoms with Crippen molar-refractivity contribution in [2.75, 3.05) is 6.54 Å². The molecule has 3 nitrogen and oxygen atoms in total. The maximum atomic E-state index is 12.0. The van der Waals surface area contributed by atoms with Crippen LogP contribution in [0, 0.1) is 0 Å². The maximum absolute atomic E-state index is 12.0. The lowest BCUT2D eigenvalue weighted by Gasteiger charge is -2.04. The Bertz CT molecular complexity index is 276. The summed E-state index contributed by atoms with van der Waals surface area (Å²) in [5.74, 6) is -1.12. The van der Waals surface area contributed by atoms with Gasteiger partial charge in [0.05, 0.1) is 0 Å². The summed E-state index contributed by atoms with van der Waals surface area (Å²) in [6.45, 7) is 0.370. The van der Waals surface area contributed by atoms with Gasteiger partial charge in [0.2, 0.25) is 5.82 Å². The van der Waals surface area contributed by atoms with E-state index in [0.29, 0.717) is 18.5 Å². The van der Waals surface area contributed by atoms with E-state index >= 15 is 0 Å². The van der Waals surface area contributed by atoms with Crippen molar-refractivity contribution >= 4 is 24.8 Å². The smallest absolute Gasteiger partial charge is 0.330 e. The topological polar surface area (TPSA) is 51.8 Å². The van der Waals surface area contributed by atoms with E-state index in [1.54, 1.807) is 0 Å². The summed E-state index contributed by atoms with van der Waals surface area (Å²) in [6.07, 6.45) is -1.70. The summed E-state index contributed by atoms with van der Waals surface area (Å²) in [4.78, 5) is 6.35. The van der Waals surface area contributed by atoms with Gasteiger partial charge in [-0.3, -0.25) is 0 Å². The highest BCUT2D eigenvalue weighted by Gasteiger charge is 2.34. The van der Waals surface area contributed by atoms with E-state index in [2.05, 4.69) is 9.97 Å². The zero-order valence-electron chi connectivity index (χ0n) is 7.49. The van der Waals surface area contributed by atoms with E-state index in [0.717, 1.165) is 12.4 Å². The van der Waals surface area contributed by atoms with Crippen molar-refractivity contribution in [1.82, 2.24) is 9.97 Å². The molecule has 0 saturated carbocycles. The molecule has 0 saturated heterocycles. The molecule has 0 aliphatic carbocycles. The van der Waals surface area contributed by atoms with Crippen LogP contribution in [0.3, 0.4) is 0 Å². The molecule has 0 atom stereocenters. The van der Waals surface area contributed by atoms with E-state index in [9.17, 15) is 13.2 Å². The summed E-state index contributed by atoms with van der Waals surface area (Å²) in [5, 5.41) is 0. The van der Waals surface area contributed by atoms with Crippen molar-refractivity contribution in [3.63, 3.8) is 0 Å². The third-order valence-electron chi connectivity index (χ3n) is 1.39. The minimum atomic E-state index is -4.47. The molecular formula is C7H10Cl2F3N3. The first-order chi connectivity index (χ1) is 6.04. The van der Waals surface area contributed by atoms with Crippen LogP contribution >= 0.6 is 24.8 Å². The van der Waals surface area contributed by atoms with Gasteiger partial charge in [0.15, 0.2) is 0 Å². The average Bonchev–Trinajstić information content (AvgIpc) is 2.04. The monoisotopic (exact) mass is 263 g/mol. The fourth-order valence-electron chi connectivity index (χ4n) is 0.797. The Morgan fingerprint density at radius 2 is 1.60 bits per heavy atom. The molecule has 0 aliphatic heterocycles. The largest absolute Gasteiger partial charge is 0.451 e. The molecule has 15 heavy (non-hydrogen) atoms. The van der Waals surface area contributed by atoms with Crippen molar-refractivity contribution in [3.05, 3.63) is 23.8 Å². The zero-order valence-corrected chi connectivity index (χ0v) is 9.12. The average molecular weight is 264 g/mol. The van der Waals surface area contributed by atoms with E-state index in [4.69, 9.17) is 5.73 Å². The summed E-state index contributed by atoms with van der Waals surface area (Å²) < 4.78 is 35.9. The van der Waals surface area contributed by atoms with Gasteiger partial charge >= 0.3 is 6.18 Å². The lowest BCUT2D eigenvalue weighted by atomic mass is 10.2. The predicted molar refractivity (Wildman–Crippen MR) is 54.3 cm³/mol. The van der Waals surface area contributed by atoms with Gasteiger partial charge in [-0.15, -0.1) is 24.8 Å². The van der Waals surface area contributed by atoms with Crippen molar-refractivity contribution in [2.24, 2.45) is 5.73 Å². The van der Waals surface area contributed by atoms with Gasteiger partial charge in [0, 0.05) is 12.4 Å². The molecular weight excluding hydrogens is 254 g/mol. The van der Waals surface area contributed by atoms with Gasteiger partial charge in [-0.25, -0.2) is 9.97 Å². The number of hydrogen-bond acceptors (Lipinski definition) is 3. The van der Waals surface area contributed by atoms with Gasteiger partial charge in [0.25, 0.3) is 0 Å². The minimum Gasteiger partial charge on any atom is -0.330 e. The highest BCUT2D eigenvalue weighted by Crippen LogP contribution is 2.25. The van der Waals surface area contributed by atoms with Gasteiger partial charge in [-0.05, 0) is 18.5 Å². The van der Waals surface area contributed by atoms with Gasteiger partial charge in [-0.2, -0.15) is 13.2 Å². The number of nitrogens with two attached hydrogens (primary N) is 1. The summed E-state index contributed by atoms with van der Waals surface area (Å²) >= 11 is 0. The fourth-order valence-corrected chi connectivity index (χ4v) is 0.797. The Balaban J connectivity index is 0. The van der Waals surface area contributed by atoms with Crippen LogP contribution in [0.25, 0.3) is 0 Å². The van der Waals surface area contributed by atoms with Crippen molar-refractivity contribution in [2.45, 2.75) is 12.6 Å². The standard InChI is InChI=1S/C7H8F3N3.2ClH/c8-7(9,10)6-12-3-5(1-2-11)4-13-6;;/h3-4H,1-2,11H2;2*1H. The second kappa shape index (κ2) is 6.81. The third kappa shape index (κ3) is 5.15. The Kier molecular flexibility index (Phi) is 7.64. The van der Waals surface area contributed by atoms with Crippen LogP contribution in [-0.2, 0) is 12.6 Å². The van der Waals surface area contributed by atoms with Crippen LogP contribution in [0.1, 0.15) is 11.4 Å². The number of aromatic nitrogens is 2. The molecule has 0 aromatic carbocycles. The van der Waals surface area contributed by atoms with Crippen LogP contribution in [0.5, 0.6) is 0 Å². The second-order valence-corrected chi connectivity index (χ2v) is 2.45. The second-order valence-electron chi connectivity index (χ2n) is 2.45. The molecule has 1 aromatic rings. The normalized spacial score (nSPS) is 10.1. The number of nitrogens with zero attached hydrogens (tertiary/aromatic N) is 2. The Labute approximate surface area is 97.1 Å². The van der Waals surface area contributed by atoms with Crippen molar-refractivity contribution in [3.8, 4) is 0 Å². The molecule has 1 aromatic heterocycles. The number of rotatable bonds is 2. The summed E-state index contributed by atoms with van der Waals surface area (Å²) in [5.41, 5.74) is 5.81. The Hall–Kier alpha value is -0.590. The quantitative estimate of drug-likeness (QED) is 0.886.